The molecule has 0 aliphatic rings. The van der Waals surface area contributed by atoms with Gasteiger partial charge in [0, 0.05) is 23.6 Å². The standard InChI is InChI=1S/C14H23BrN2S/c1-3-18-9-8-13(10-16)17(2)11-12-6-4-5-7-14(12)15/h4-7,13H,3,8-11,16H2,1-2H3. The minimum atomic E-state index is 0.469. The molecule has 0 spiro atoms. The second kappa shape index (κ2) is 8.97. The van der Waals surface area contributed by atoms with E-state index in [-0.39, 0.29) is 0 Å². The van der Waals surface area contributed by atoms with Crippen LogP contribution in [0.2, 0.25) is 0 Å². The van der Waals surface area contributed by atoms with Crippen molar-refractivity contribution in [1.82, 2.24) is 4.90 Å². The van der Waals surface area contributed by atoms with Crippen molar-refractivity contribution in [2.45, 2.75) is 25.9 Å². The van der Waals surface area contributed by atoms with Crippen LogP contribution in [-0.4, -0.2) is 36.0 Å². The van der Waals surface area contributed by atoms with Crippen molar-refractivity contribution in [3.8, 4) is 0 Å². The molecule has 0 fully saturated rings. The summed E-state index contributed by atoms with van der Waals surface area (Å²) < 4.78 is 1.18. The van der Waals surface area contributed by atoms with Gasteiger partial charge in [-0.2, -0.15) is 11.8 Å². The zero-order valence-corrected chi connectivity index (χ0v) is 13.6. The normalized spacial score (nSPS) is 12.9. The van der Waals surface area contributed by atoms with Crippen molar-refractivity contribution >= 4 is 27.7 Å². The number of thioether (sulfide) groups is 1. The Labute approximate surface area is 123 Å². The van der Waals surface area contributed by atoms with Crippen LogP contribution in [0, 0.1) is 0 Å². The number of nitrogens with zero attached hydrogens (tertiary/aromatic N) is 1. The molecule has 2 nitrogen and oxygen atoms in total. The molecule has 102 valence electrons. The first-order chi connectivity index (χ1) is 8.69. The summed E-state index contributed by atoms with van der Waals surface area (Å²) >= 11 is 5.58. The van der Waals surface area contributed by atoms with Gasteiger partial charge in [-0.15, -0.1) is 0 Å². The largest absolute Gasteiger partial charge is 0.329 e. The summed E-state index contributed by atoms with van der Waals surface area (Å²) in [6.07, 6.45) is 1.16. The molecule has 0 saturated carbocycles. The first-order valence-electron chi connectivity index (χ1n) is 6.40. The Morgan fingerprint density at radius 1 is 1.39 bits per heavy atom. The predicted molar refractivity (Wildman–Crippen MR) is 86.1 cm³/mol. The van der Waals surface area contributed by atoms with E-state index in [1.807, 2.05) is 17.8 Å². The minimum absolute atomic E-state index is 0.469. The smallest absolute Gasteiger partial charge is 0.0245 e. The third kappa shape index (κ3) is 5.31. The van der Waals surface area contributed by atoms with E-state index in [0.29, 0.717) is 6.04 Å². The number of nitrogens with two attached hydrogens (primary N) is 1. The van der Waals surface area contributed by atoms with Crippen molar-refractivity contribution < 1.29 is 0 Å². The topological polar surface area (TPSA) is 29.3 Å². The number of likely N-dealkylation sites (N-methyl/N-ethyl adjacent to an activating group) is 1. The maximum absolute atomic E-state index is 5.88. The van der Waals surface area contributed by atoms with Gasteiger partial charge in [-0.1, -0.05) is 41.1 Å². The third-order valence-electron chi connectivity index (χ3n) is 3.07. The lowest BCUT2D eigenvalue weighted by molar-refractivity contribution is 0.233. The Balaban J connectivity index is 2.51. The van der Waals surface area contributed by atoms with Gasteiger partial charge in [0.2, 0.25) is 0 Å². The average molecular weight is 331 g/mol. The van der Waals surface area contributed by atoms with Gasteiger partial charge in [-0.05, 0) is 36.6 Å². The molecule has 0 radical (unpaired) electrons. The molecular weight excluding hydrogens is 308 g/mol. The first kappa shape index (κ1) is 16.0. The third-order valence-corrected chi connectivity index (χ3v) is 4.78. The van der Waals surface area contributed by atoms with Gasteiger partial charge < -0.3 is 5.73 Å². The Hall–Kier alpha value is -0.0300. The molecule has 4 heteroatoms. The lowest BCUT2D eigenvalue weighted by Gasteiger charge is -2.27. The number of hydrogen-bond acceptors (Lipinski definition) is 3. The second-order valence-electron chi connectivity index (χ2n) is 4.38. The van der Waals surface area contributed by atoms with Gasteiger partial charge in [0.25, 0.3) is 0 Å². The van der Waals surface area contributed by atoms with E-state index in [4.69, 9.17) is 5.73 Å². The summed E-state index contributed by atoms with van der Waals surface area (Å²) in [6, 6.07) is 8.85. The number of rotatable bonds is 8. The van der Waals surface area contributed by atoms with Crippen molar-refractivity contribution in [2.24, 2.45) is 5.73 Å². The number of halogens is 1. The van der Waals surface area contributed by atoms with E-state index in [9.17, 15) is 0 Å². The van der Waals surface area contributed by atoms with Crippen LogP contribution < -0.4 is 5.73 Å². The van der Waals surface area contributed by atoms with Gasteiger partial charge in [-0.25, -0.2) is 0 Å². The van der Waals surface area contributed by atoms with E-state index in [0.717, 1.165) is 19.5 Å². The lowest BCUT2D eigenvalue weighted by atomic mass is 10.1. The molecular formula is C14H23BrN2S. The molecule has 0 saturated heterocycles. The summed E-state index contributed by atoms with van der Waals surface area (Å²) in [5, 5.41) is 0. The summed E-state index contributed by atoms with van der Waals surface area (Å²) in [4.78, 5) is 2.36. The van der Waals surface area contributed by atoms with E-state index >= 15 is 0 Å². The molecule has 0 bridgehead atoms. The van der Waals surface area contributed by atoms with E-state index in [1.54, 1.807) is 0 Å². The van der Waals surface area contributed by atoms with Gasteiger partial charge in [0.05, 0.1) is 0 Å². The van der Waals surface area contributed by atoms with Crippen molar-refractivity contribution in [2.75, 3.05) is 25.1 Å². The average Bonchev–Trinajstić information content (AvgIpc) is 2.37. The maximum atomic E-state index is 5.88. The highest BCUT2D eigenvalue weighted by atomic mass is 79.9. The molecule has 2 N–H and O–H groups in total. The van der Waals surface area contributed by atoms with Crippen LogP contribution >= 0.6 is 27.7 Å². The van der Waals surface area contributed by atoms with Gasteiger partial charge in [-0.3, -0.25) is 4.90 Å². The first-order valence-corrected chi connectivity index (χ1v) is 8.35. The Kier molecular flexibility index (Phi) is 7.98. The van der Waals surface area contributed by atoms with Crippen molar-refractivity contribution in [3.05, 3.63) is 34.3 Å². The number of benzene rings is 1. The van der Waals surface area contributed by atoms with E-state index < -0.39 is 0 Å². The van der Waals surface area contributed by atoms with Crippen LogP contribution in [0.25, 0.3) is 0 Å². The zero-order chi connectivity index (χ0) is 13.4. The molecule has 0 aliphatic carbocycles. The highest BCUT2D eigenvalue weighted by molar-refractivity contribution is 9.10. The molecule has 0 heterocycles. The fourth-order valence-corrected chi connectivity index (χ4v) is 3.04. The molecule has 1 atom stereocenters. The monoisotopic (exact) mass is 330 g/mol. The van der Waals surface area contributed by atoms with Crippen molar-refractivity contribution in [1.29, 1.82) is 0 Å². The van der Waals surface area contributed by atoms with Gasteiger partial charge >= 0.3 is 0 Å². The van der Waals surface area contributed by atoms with Gasteiger partial charge in [0.15, 0.2) is 0 Å². The Bertz CT molecular complexity index is 346. The van der Waals surface area contributed by atoms with Crippen molar-refractivity contribution in [3.63, 3.8) is 0 Å². The van der Waals surface area contributed by atoms with Crippen LogP contribution in [0.5, 0.6) is 0 Å². The molecule has 0 amide bonds. The Morgan fingerprint density at radius 2 is 2.11 bits per heavy atom. The van der Waals surface area contributed by atoms with E-state index in [2.05, 4.69) is 53.0 Å². The van der Waals surface area contributed by atoms with Crippen LogP contribution in [0.3, 0.4) is 0 Å². The highest BCUT2D eigenvalue weighted by Crippen LogP contribution is 2.19. The fraction of sp³-hybridized carbons (Fsp3) is 0.571. The summed E-state index contributed by atoms with van der Waals surface area (Å²) in [7, 11) is 2.16. The van der Waals surface area contributed by atoms with Crippen LogP contribution in [-0.2, 0) is 6.54 Å². The van der Waals surface area contributed by atoms with Crippen LogP contribution in [0.1, 0.15) is 18.9 Å². The van der Waals surface area contributed by atoms with Crippen LogP contribution in [0.15, 0.2) is 28.7 Å². The SMILES string of the molecule is CCSCCC(CN)N(C)Cc1ccccc1Br. The lowest BCUT2D eigenvalue weighted by Crippen LogP contribution is -2.38. The second-order valence-corrected chi connectivity index (χ2v) is 6.63. The minimum Gasteiger partial charge on any atom is -0.329 e. The number of hydrogen-bond donors (Lipinski definition) is 1. The van der Waals surface area contributed by atoms with E-state index in [1.165, 1.54) is 21.5 Å². The summed E-state index contributed by atoms with van der Waals surface area (Å²) in [5.74, 6) is 2.38. The van der Waals surface area contributed by atoms with Gasteiger partial charge in [0.1, 0.15) is 0 Å². The highest BCUT2D eigenvalue weighted by Gasteiger charge is 2.13. The molecule has 1 aromatic rings. The quantitative estimate of drug-likeness (QED) is 0.741. The maximum Gasteiger partial charge on any atom is 0.0245 e. The predicted octanol–water partition coefficient (Wildman–Crippen LogP) is 3.35. The molecule has 0 aliphatic heterocycles. The zero-order valence-electron chi connectivity index (χ0n) is 11.2. The molecule has 0 aromatic heterocycles. The van der Waals surface area contributed by atoms with Crippen LogP contribution in [0.4, 0.5) is 0 Å². The fourth-order valence-electron chi connectivity index (χ4n) is 1.91. The molecule has 1 aromatic carbocycles. The summed E-state index contributed by atoms with van der Waals surface area (Å²) in [5.41, 5.74) is 7.21. The Morgan fingerprint density at radius 3 is 2.72 bits per heavy atom. The molecule has 1 unspecified atom stereocenters. The summed E-state index contributed by atoms with van der Waals surface area (Å²) in [6.45, 7) is 3.87. The molecule has 18 heavy (non-hydrogen) atoms. The molecule has 1 rings (SSSR count).